The molecule has 2 aliphatic rings. The maximum atomic E-state index is 14.1. The van der Waals surface area contributed by atoms with Gasteiger partial charge in [-0.3, -0.25) is 13.9 Å². The average molecular weight is 620 g/mol. The van der Waals surface area contributed by atoms with E-state index >= 15 is 0 Å². The lowest BCUT2D eigenvalue weighted by atomic mass is 10.0. The molecule has 0 bridgehead atoms. The first-order valence-corrected chi connectivity index (χ1v) is 17.1. The van der Waals surface area contributed by atoms with Gasteiger partial charge >= 0.3 is 0 Å². The van der Waals surface area contributed by atoms with Gasteiger partial charge < -0.3 is 19.7 Å². The van der Waals surface area contributed by atoms with Crippen molar-refractivity contribution in [2.24, 2.45) is 0 Å². The van der Waals surface area contributed by atoms with E-state index in [0.29, 0.717) is 23.6 Å². The van der Waals surface area contributed by atoms with E-state index in [0.717, 1.165) is 48.6 Å². The molecule has 3 aromatic carbocycles. The fraction of sp³-hybridized carbons (Fsp3) is 0.412. The standard InChI is InChI=1S/C34H41N3O6S/c1-25-14-16-27(17-15-25)23-36(30(21-26-9-4-3-5-10-26)34(39)35-28-11-6-7-12-28)33(38)13-8-20-37(44(2,40)41)29-18-19-31-32(22-29)43-24-42-31/h3-5,9-10,14-19,22,28,30H,6-8,11-13,20-21,23-24H2,1-2H3,(H,35,39)/t30-/m0/s1. The van der Waals surface area contributed by atoms with E-state index in [2.05, 4.69) is 5.32 Å². The Balaban J connectivity index is 1.37. The zero-order chi connectivity index (χ0) is 31.1. The summed E-state index contributed by atoms with van der Waals surface area (Å²) in [7, 11) is -3.64. The van der Waals surface area contributed by atoms with Crippen molar-refractivity contribution in [2.75, 3.05) is 23.9 Å². The van der Waals surface area contributed by atoms with Crippen molar-refractivity contribution in [1.82, 2.24) is 10.2 Å². The van der Waals surface area contributed by atoms with Crippen LogP contribution < -0.4 is 19.1 Å². The summed E-state index contributed by atoms with van der Waals surface area (Å²) in [5.41, 5.74) is 3.44. The maximum absolute atomic E-state index is 14.1. The third-order valence-corrected chi connectivity index (χ3v) is 9.44. The number of ether oxygens (including phenoxy) is 2. The Kier molecular flexibility index (Phi) is 10.1. The van der Waals surface area contributed by atoms with Crippen molar-refractivity contribution in [3.8, 4) is 11.5 Å². The van der Waals surface area contributed by atoms with Crippen LogP contribution in [0.3, 0.4) is 0 Å². The smallest absolute Gasteiger partial charge is 0.243 e. The van der Waals surface area contributed by atoms with Gasteiger partial charge in [-0.25, -0.2) is 8.42 Å². The SMILES string of the molecule is Cc1ccc(CN(C(=O)CCCN(c2ccc3c(c2)OCO3)S(C)(=O)=O)[C@@H](Cc2ccccc2)C(=O)NC2CCCC2)cc1. The topological polar surface area (TPSA) is 105 Å². The van der Waals surface area contributed by atoms with E-state index in [1.165, 1.54) is 4.31 Å². The highest BCUT2D eigenvalue weighted by atomic mass is 32.2. The molecule has 1 saturated carbocycles. The number of amides is 2. The lowest BCUT2D eigenvalue weighted by Crippen LogP contribution is -2.52. The Bertz CT molecular complexity index is 1540. The Morgan fingerprint density at radius 2 is 1.64 bits per heavy atom. The van der Waals surface area contributed by atoms with Gasteiger partial charge in [0.1, 0.15) is 6.04 Å². The summed E-state index contributed by atoms with van der Waals surface area (Å²) in [5, 5.41) is 3.22. The first-order valence-electron chi connectivity index (χ1n) is 15.2. The predicted octanol–water partition coefficient (Wildman–Crippen LogP) is 4.97. The molecule has 9 nitrogen and oxygen atoms in total. The minimum absolute atomic E-state index is 0.0738. The molecule has 1 fully saturated rings. The summed E-state index contributed by atoms with van der Waals surface area (Å²) in [4.78, 5) is 29.6. The molecule has 0 radical (unpaired) electrons. The van der Waals surface area contributed by atoms with Crippen molar-refractivity contribution in [3.63, 3.8) is 0 Å². The summed E-state index contributed by atoms with van der Waals surface area (Å²) >= 11 is 0. The van der Waals surface area contributed by atoms with Crippen LogP contribution in [-0.4, -0.2) is 56.8 Å². The van der Waals surface area contributed by atoms with Gasteiger partial charge in [0.2, 0.25) is 28.6 Å². The molecular weight excluding hydrogens is 578 g/mol. The summed E-state index contributed by atoms with van der Waals surface area (Å²) < 4.78 is 37.6. The van der Waals surface area contributed by atoms with Crippen LogP contribution in [0.4, 0.5) is 5.69 Å². The van der Waals surface area contributed by atoms with Crippen LogP contribution in [0, 0.1) is 6.92 Å². The molecule has 0 saturated heterocycles. The largest absolute Gasteiger partial charge is 0.454 e. The Morgan fingerprint density at radius 1 is 0.932 bits per heavy atom. The van der Waals surface area contributed by atoms with E-state index in [1.54, 1.807) is 23.1 Å². The summed E-state index contributed by atoms with van der Waals surface area (Å²) in [6, 6.07) is 22.1. The maximum Gasteiger partial charge on any atom is 0.243 e. The fourth-order valence-corrected chi connectivity index (χ4v) is 6.81. The highest BCUT2D eigenvalue weighted by molar-refractivity contribution is 7.92. The number of aryl methyl sites for hydroxylation is 1. The van der Waals surface area contributed by atoms with Crippen molar-refractivity contribution >= 4 is 27.5 Å². The Morgan fingerprint density at radius 3 is 2.34 bits per heavy atom. The highest BCUT2D eigenvalue weighted by Gasteiger charge is 2.32. The van der Waals surface area contributed by atoms with Gasteiger partial charge in [-0.2, -0.15) is 0 Å². The number of sulfonamides is 1. The molecule has 234 valence electrons. The number of rotatable bonds is 13. The molecular formula is C34H41N3O6S. The van der Waals surface area contributed by atoms with E-state index in [1.807, 2.05) is 61.5 Å². The van der Waals surface area contributed by atoms with E-state index in [4.69, 9.17) is 9.47 Å². The first-order chi connectivity index (χ1) is 21.2. The third-order valence-electron chi connectivity index (χ3n) is 8.24. The van der Waals surface area contributed by atoms with Gasteiger partial charge in [-0.15, -0.1) is 0 Å². The van der Waals surface area contributed by atoms with Crippen molar-refractivity contribution in [2.45, 2.75) is 70.5 Å². The number of benzene rings is 3. The molecule has 1 N–H and O–H groups in total. The van der Waals surface area contributed by atoms with Crippen LogP contribution in [-0.2, 0) is 32.6 Å². The van der Waals surface area contributed by atoms with Crippen LogP contribution >= 0.6 is 0 Å². The van der Waals surface area contributed by atoms with Crippen molar-refractivity contribution in [3.05, 3.63) is 89.5 Å². The highest BCUT2D eigenvalue weighted by Crippen LogP contribution is 2.36. The second-order valence-corrected chi connectivity index (χ2v) is 13.6. The Hall–Kier alpha value is -4.05. The van der Waals surface area contributed by atoms with Gasteiger partial charge in [0.25, 0.3) is 0 Å². The van der Waals surface area contributed by atoms with E-state index in [-0.39, 0.29) is 50.6 Å². The molecule has 44 heavy (non-hydrogen) atoms. The fourth-order valence-electron chi connectivity index (χ4n) is 5.86. The van der Waals surface area contributed by atoms with Crippen LogP contribution in [0.25, 0.3) is 0 Å². The van der Waals surface area contributed by atoms with Gasteiger partial charge in [0, 0.05) is 38.0 Å². The molecule has 1 atom stereocenters. The minimum Gasteiger partial charge on any atom is -0.454 e. The number of nitrogens with zero attached hydrogens (tertiary/aromatic N) is 2. The zero-order valence-corrected chi connectivity index (χ0v) is 26.2. The van der Waals surface area contributed by atoms with E-state index < -0.39 is 16.1 Å². The molecule has 1 aliphatic carbocycles. The van der Waals surface area contributed by atoms with Gasteiger partial charge in [0.15, 0.2) is 11.5 Å². The molecule has 1 heterocycles. The second-order valence-electron chi connectivity index (χ2n) is 11.7. The number of fused-ring (bicyclic) bond motifs is 1. The van der Waals surface area contributed by atoms with Crippen molar-refractivity contribution < 1.29 is 27.5 Å². The van der Waals surface area contributed by atoms with Gasteiger partial charge in [-0.05, 0) is 49.4 Å². The van der Waals surface area contributed by atoms with Gasteiger partial charge in [0.05, 0.1) is 11.9 Å². The number of anilines is 1. The second kappa shape index (κ2) is 14.2. The lowest BCUT2D eigenvalue weighted by molar-refractivity contribution is -0.141. The number of hydrogen-bond donors (Lipinski definition) is 1. The molecule has 0 spiro atoms. The number of carbonyl (C=O) groups excluding carboxylic acids is 2. The quantitative estimate of drug-likeness (QED) is 0.290. The van der Waals surface area contributed by atoms with Crippen LogP contribution in [0.5, 0.6) is 11.5 Å². The Labute approximate surface area is 260 Å². The minimum atomic E-state index is -3.64. The molecule has 10 heteroatoms. The average Bonchev–Trinajstić information content (AvgIpc) is 3.69. The number of carbonyl (C=O) groups is 2. The molecule has 0 aromatic heterocycles. The first kappa shape index (κ1) is 31.4. The molecule has 0 unspecified atom stereocenters. The summed E-state index contributed by atoms with van der Waals surface area (Å²) in [5.74, 6) is 0.685. The molecule has 3 aromatic rings. The number of nitrogens with one attached hydrogen (secondary N) is 1. The zero-order valence-electron chi connectivity index (χ0n) is 25.4. The van der Waals surface area contributed by atoms with Gasteiger partial charge in [-0.1, -0.05) is 73.0 Å². The van der Waals surface area contributed by atoms with E-state index in [9.17, 15) is 18.0 Å². The predicted molar refractivity (Wildman–Crippen MR) is 170 cm³/mol. The summed E-state index contributed by atoms with van der Waals surface area (Å²) in [6.45, 7) is 2.46. The third kappa shape index (κ3) is 8.11. The van der Waals surface area contributed by atoms with Crippen LogP contribution in [0.2, 0.25) is 0 Å². The summed E-state index contributed by atoms with van der Waals surface area (Å²) in [6.07, 6.45) is 5.92. The molecule has 2 amide bonds. The number of hydrogen-bond acceptors (Lipinski definition) is 6. The monoisotopic (exact) mass is 619 g/mol. The van der Waals surface area contributed by atoms with Crippen LogP contribution in [0.1, 0.15) is 55.2 Å². The van der Waals surface area contributed by atoms with Crippen LogP contribution in [0.15, 0.2) is 72.8 Å². The normalized spacial score (nSPS) is 15.1. The molecule has 5 rings (SSSR count). The van der Waals surface area contributed by atoms with Crippen molar-refractivity contribution in [1.29, 1.82) is 0 Å². The lowest BCUT2D eigenvalue weighted by Gasteiger charge is -2.33. The molecule has 1 aliphatic heterocycles.